The van der Waals surface area contributed by atoms with Crippen LogP contribution < -0.4 is 5.73 Å². The topological polar surface area (TPSA) is 143 Å². The number of nitrogens with two attached hydrogens (primary N) is 1. The van der Waals surface area contributed by atoms with E-state index in [2.05, 4.69) is 74.7 Å². The molecular formula is C80H113Cl3F9N7O4. The maximum absolute atomic E-state index is 13.9. The Kier molecular flexibility index (Phi) is 31.0. The number of Topliss-reactive ketones (excluding diaryl/α,β-unsaturated/α-hetero) is 1. The van der Waals surface area contributed by atoms with Gasteiger partial charge >= 0.3 is 18.5 Å². The van der Waals surface area contributed by atoms with Crippen LogP contribution in [-0.4, -0.2) is 78.8 Å². The third kappa shape index (κ3) is 21.0. The molecule has 0 radical (unpaired) electrons. The summed E-state index contributed by atoms with van der Waals surface area (Å²) in [6.07, 6.45) is 21.5. The molecule has 103 heavy (non-hydrogen) atoms. The zero-order valence-corrected chi connectivity index (χ0v) is 64.4. The summed E-state index contributed by atoms with van der Waals surface area (Å²) < 4.78 is 118. The van der Waals surface area contributed by atoms with Gasteiger partial charge in [-0.2, -0.15) is 39.5 Å². The van der Waals surface area contributed by atoms with Gasteiger partial charge in [0.2, 0.25) is 17.7 Å². The first-order chi connectivity index (χ1) is 47.2. The van der Waals surface area contributed by atoms with Gasteiger partial charge in [-0.15, -0.1) is 37.2 Å². The van der Waals surface area contributed by atoms with E-state index in [1.165, 1.54) is 81.9 Å². The van der Waals surface area contributed by atoms with Crippen molar-refractivity contribution in [3.63, 3.8) is 0 Å². The van der Waals surface area contributed by atoms with Crippen LogP contribution in [-0.2, 0) is 76.6 Å². The number of amides is 3. The number of halogens is 12. The van der Waals surface area contributed by atoms with Crippen LogP contribution in [0.4, 0.5) is 39.5 Å². The van der Waals surface area contributed by atoms with Gasteiger partial charge in [0, 0.05) is 113 Å². The molecule has 11 nitrogen and oxygen atoms in total. The van der Waals surface area contributed by atoms with Gasteiger partial charge in [-0.1, -0.05) is 76.5 Å². The minimum Gasteiger partial charge on any atom is -0.337 e. The number of carbonyl (C=O) groups is 4. The molecule has 6 fully saturated rings. The van der Waals surface area contributed by atoms with Crippen molar-refractivity contribution in [3.05, 3.63) is 122 Å². The second-order valence-corrected chi connectivity index (χ2v) is 31.8. The minimum absolute atomic E-state index is 0. The molecule has 6 heterocycles. The molecule has 576 valence electrons. The van der Waals surface area contributed by atoms with E-state index in [0.29, 0.717) is 96.7 Å². The number of allylic oxidation sites excluding steroid dienone is 6. The van der Waals surface area contributed by atoms with E-state index in [9.17, 15) is 58.7 Å². The van der Waals surface area contributed by atoms with Gasteiger partial charge in [-0.25, -0.2) is 0 Å². The monoisotopic (exact) mass is 1510 g/mol. The maximum atomic E-state index is 13.9. The number of rotatable bonds is 10. The van der Waals surface area contributed by atoms with Crippen molar-refractivity contribution >= 4 is 60.7 Å². The van der Waals surface area contributed by atoms with Crippen LogP contribution in [0.2, 0.25) is 0 Å². The lowest BCUT2D eigenvalue weighted by Gasteiger charge is -2.39. The Balaban J connectivity index is 0.000000227. The number of ketones is 1. The molecule has 0 bridgehead atoms. The van der Waals surface area contributed by atoms with Gasteiger partial charge in [0.05, 0.1) is 32.9 Å². The van der Waals surface area contributed by atoms with E-state index < -0.39 is 40.6 Å². The van der Waals surface area contributed by atoms with Crippen molar-refractivity contribution in [2.24, 2.45) is 63.4 Å². The Morgan fingerprint density at radius 2 is 0.738 bits per heavy atom. The average molecular weight is 1510 g/mol. The fourth-order valence-corrected chi connectivity index (χ4v) is 18.2. The van der Waals surface area contributed by atoms with Gasteiger partial charge in [0.1, 0.15) is 5.78 Å². The number of fused-ring (bicyclic) bond motifs is 3. The summed E-state index contributed by atoms with van der Waals surface area (Å²) in [7, 11) is 0. The van der Waals surface area contributed by atoms with E-state index in [0.717, 1.165) is 114 Å². The fourth-order valence-electron chi connectivity index (χ4n) is 18.2. The summed E-state index contributed by atoms with van der Waals surface area (Å²) in [5.74, 6) is 3.98. The molecule has 12 rings (SSSR count). The molecule has 6 aliphatic carbocycles. The zero-order chi connectivity index (χ0) is 72.7. The minimum atomic E-state index is -4.42. The van der Waals surface area contributed by atoms with Crippen molar-refractivity contribution in [2.75, 3.05) is 19.6 Å². The van der Waals surface area contributed by atoms with E-state index >= 15 is 0 Å². The summed E-state index contributed by atoms with van der Waals surface area (Å²) in [6.45, 7) is 21.2. The molecule has 3 aromatic heterocycles. The standard InChI is InChI=1S/2C27H37F3N2O.C18H24F3N3O.C8H12O.3ClH/c2*1-4-19-5-7-20(8-6-19)13-21-9-11-26(15-21,18(2)3)25(33)32-12-10-24-22(17-32)14-23(16-31-24)27(28,29)30;1-11(2)17(5-3-14(22)8-17)16(25)24-6-4-15-12(10-24)7-13(9-23-15)18(19,20)21;1-2-7-3-5-8(9)6-4-7;;;/h2*4,14,16,18,20-21H,5-13,15,17H2,1-3H3;7,9,11,14H,3-6,8,10,22H2,1-2H3;2H,3-6H2,1H3;3*1H/t20?,21?,26-;20?,21-,26-;14-,17+;;;;/m001..../s1. The van der Waals surface area contributed by atoms with Crippen LogP contribution in [0.5, 0.6) is 0 Å². The molecule has 0 saturated heterocycles. The predicted molar refractivity (Wildman–Crippen MR) is 393 cm³/mol. The first kappa shape index (κ1) is 86.9. The molecule has 3 amide bonds. The second kappa shape index (κ2) is 36.7. The number of carbonyl (C=O) groups excluding carboxylic acids is 4. The van der Waals surface area contributed by atoms with Crippen LogP contribution >= 0.6 is 37.2 Å². The number of hydrogen-bond donors (Lipinski definition) is 1. The van der Waals surface area contributed by atoms with Crippen molar-refractivity contribution in [1.82, 2.24) is 29.7 Å². The van der Waals surface area contributed by atoms with Gasteiger partial charge in [-0.05, 0) is 232 Å². The highest BCUT2D eigenvalue weighted by Gasteiger charge is 2.53. The number of aromatic nitrogens is 3. The summed E-state index contributed by atoms with van der Waals surface area (Å²) in [5, 5.41) is 0. The molecule has 23 heteroatoms. The Hall–Kier alpha value is -5.05. The predicted octanol–water partition coefficient (Wildman–Crippen LogP) is 20.4. The largest absolute Gasteiger partial charge is 0.417 e. The molecular weight excluding hydrogens is 1400 g/mol. The molecule has 3 aliphatic heterocycles. The van der Waals surface area contributed by atoms with E-state index in [1.807, 2.05) is 30.6 Å². The van der Waals surface area contributed by atoms with Gasteiger partial charge in [0.25, 0.3) is 0 Å². The highest BCUT2D eigenvalue weighted by atomic mass is 35.5. The lowest BCUT2D eigenvalue weighted by molar-refractivity contribution is -0.146. The van der Waals surface area contributed by atoms with Crippen molar-refractivity contribution in [2.45, 2.75) is 273 Å². The fraction of sp³-hybridized carbons (Fsp3) is 0.688. The summed E-state index contributed by atoms with van der Waals surface area (Å²) in [4.78, 5) is 69.0. The van der Waals surface area contributed by atoms with Crippen molar-refractivity contribution in [1.29, 1.82) is 0 Å². The molecule has 0 spiro atoms. The first-order valence-corrected chi connectivity index (χ1v) is 37.4. The highest BCUT2D eigenvalue weighted by Crippen LogP contribution is 2.54. The van der Waals surface area contributed by atoms with Crippen molar-refractivity contribution in [3.8, 4) is 0 Å². The lowest BCUT2D eigenvalue weighted by Crippen LogP contribution is -2.48. The number of hydrogen-bond acceptors (Lipinski definition) is 8. The quantitative estimate of drug-likeness (QED) is 0.156. The highest BCUT2D eigenvalue weighted by molar-refractivity contribution is 5.86. The van der Waals surface area contributed by atoms with E-state index in [-0.39, 0.29) is 109 Å². The maximum Gasteiger partial charge on any atom is 0.417 e. The van der Waals surface area contributed by atoms with Crippen LogP contribution in [0.25, 0.3) is 0 Å². The van der Waals surface area contributed by atoms with Crippen LogP contribution in [0.3, 0.4) is 0 Å². The molecule has 6 atom stereocenters. The van der Waals surface area contributed by atoms with Crippen LogP contribution in [0.1, 0.15) is 260 Å². The average Bonchev–Trinajstić information content (AvgIpc) is 1.74. The molecule has 2 N–H and O–H groups in total. The third-order valence-corrected chi connectivity index (χ3v) is 24.9. The van der Waals surface area contributed by atoms with Crippen molar-refractivity contribution < 1.29 is 58.7 Å². The number of alkyl halides is 9. The smallest absolute Gasteiger partial charge is 0.337 e. The lowest BCUT2D eigenvalue weighted by atomic mass is 9.72. The molecule has 6 saturated carbocycles. The summed E-state index contributed by atoms with van der Waals surface area (Å²) >= 11 is 0. The first-order valence-electron chi connectivity index (χ1n) is 37.4. The SMILES string of the molecule is CC(C)[C@]1(C(=O)N2CCc3ncc(C(F)(F)F)cc3C2)CC[C@@H](N)C1.CC=C1CCC(=O)CC1.CC=C1CCC(CC2CC[C@@](C(=O)N3CCc4ncc(C(F)(F)F)cc4C3)(C(C)C)C2)CC1.CC=C1CCC(C[C@@H]2CC[C@@](C(=O)N3CCc4ncc(C(F)(F)F)cc4C3)(C(C)C)C2)CC1.Cl.Cl.Cl. The van der Waals surface area contributed by atoms with Gasteiger partial charge in [0.15, 0.2) is 0 Å². The second-order valence-electron chi connectivity index (χ2n) is 31.8. The van der Waals surface area contributed by atoms with Gasteiger partial charge < -0.3 is 20.4 Å². The Morgan fingerprint density at radius 3 is 1.01 bits per heavy atom. The summed E-state index contributed by atoms with van der Waals surface area (Å²) in [5.41, 5.74) is 10.8. The molecule has 1 unspecified atom stereocenters. The molecule has 9 aliphatic rings. The Morgan fingerprint density at radius 1 is 0.447 bits per heavy atom. The van der Waals surface area contributed by atoms with Crippen LogP contribution in [0.15, 0.2) is 71.7 Å². The molecule has 3 aromatic rings. The number of nitrogens with zero attached hydrogens (tertiary/aromatic N) is 6. The van der Waals surface area contributed by atoms with Crippen LogP contribution in [0, 0.1) is 57.7 Å². The number of pyridine rings is 3. The molecule has 0 aromatic carbocycles. The van der Waals surface area contributed by atoms with E-state index in [4.69, 9.17) is 5.73 Å². The summed E-state index contributed by atoms with van der Waals surface area (Å²) in [6, 6.07) is 3.51. The normalized spacial score (nSPS) is 26.3. The van der Waals surface area contributed by atoms with E-state index in [1.54, 1.807) is 16.0 Å². The third-order valence-electron chi connectivity index (χ3n) is 24.9. The Bertz CT molecular complexity index is 3300. The van der Waals surface area contributed by atoms with Gasteiger partial charge in [-0.3, -0.25) is 34.1 Å². The zero-order valence-electron chi connectivity index (χ0n) is 62.0. The Labute approximate surface area is 624 Å².